The predicted octanol–water partition coefficient (Wildman–Crippen LogP) is 4.39. The van der Waals surface area contributed by atoms with Crippen LogP contribution in [-0.4, -0.2) is 24.0 Å². The Balaban J connectivity index is 3.56. The monoisotopic (exact) mass is 320 g/mol. The van der Waals surface area contributed by atoms with Crippen molar-refractivity contribution in [2.75, 3.05) is 6.61 Å². The van der Waals surface area contributed by atoms with Crippen LogP contribution >= 0.6 is 33.0 Å². The highest BCUT2D eigenvalue weighted by Crippen LogP contribution is 2.44. The minimum absolute atomic E-state index is 0.0348. The summed E-state index contributed by atoms with van der Waals surface area (Å²) >= 11 is 0. The lowest BCUT2D eigenvalue weighted by atomic mass is 10.9. The van der Waals surface area contributed by atoms with E-state index in [1.807, 2.05) is 0 Å². The van der Waals surface area contributed by atoms with Crippen molar-refractivity contribution in [3.63, 3.8) is 0 Å². The second-order valence-corrected chi connectivity index (χ2v) is 7.47. The van der Waals surface area contributed by atoms with Crippen LogP contribution < -0.4 is 4.84 Å². The number of rotatable bonds is 2. The van der Waals surface area contributed by atoms with E-state index in [4.69, 9.17) is 0 Å². The summed E-state index contributed by atoms with van der Waals surface area (Å²) < 4.78 is 65.8. The van der Waals surface area contributed by atoms with Crippen molar-refractivity contribution in [1.82, 2.24) is 17.4 Å². The van der Waals surface area contributed by atoms with Crippen LogP contribution in [0.5, 0.6) is 0 Å². The van der Waals surface area contributed by atoms with Gasteiger partial charge in [-0.15, -0.1) is 21.4 Å². The maximum absolute atomic E-state index is 13.2. The Kier molecular flexibility index (Phi) is 5.35. The molecule has 0 fully saturated rings. The minimum Gasteiger partial charge on any atom is -0.258 e. The molecule has 0 saturated heterocycles. The van der Waals surface area contributed by atoms with Crippen LogP contribution in [0.15, 0.2) is 0 Å². The summed E-state index contributed by atoms with van der Waals surface area (Å²) in [6, 6.07) is 0. The molecule has 94 valence electrons. The first-order valence-corrected chi connectivity index (χ1v) is 7.84. The molecule has 1 aromatic rings. The second-order valence-electron chi connectivity index (χ2n) is 2.05. The van der Waals surface area contributed by atoms with Gasteiger partial charge in [0.05, 0.1) is 6.61 Å². The van der Waals surface area contributed by atoms with Gasteiger partial charge in [-0.3, -0.25) is 4.84 Å². The van der Waals surface area contributed by atoms with Gasteiger partial charge < -0.3 is 0 Å². The summed E-state index contributed by atoms with van der Waals surface area (Å²) in [6.07, 6.45) is 0. The lowest BCUT2D eigenvalue weighted by Gasteiger charge is -2.05. The zero-order valence-corrected chi connectivity index (χ0v) is 11.2. The summed E-state index contributed by atoms with van der Waals surface area (Å²) in [6.45, 7) is 1.44. The van der Waals surface area contributed by atoms with Gasteiger partial charge in [0.1, 0.15) is 0 Å². The van der Waals surface area contributed by atoms with Crippen molar-refractivity contribution >= 4 is 33.0 Å². The van der Waals surface area contributed by atoms with E-state index in [0.29, 0.717) is 4.26 Å². The molecule has 0 radical (unpaired) electrons. The van der Waals surface area contributed by atoms with Crippen LogP contribution in [0.4, 0.5) is 21.6 Å². The van der Waals surface area contributed by atoms with Crippen LogP contribution in [0.1, 0.15) is 6.92 Å². The van der Waals surface area contributed by atoms with Crippen molar-refractivity contribution in [2.45, 2.75) is 6.92 Å². The molecular formula is C2H5F5N4OP4. The normalized spacial score (nSPS) is 14.2. The molecule has 1 aromatic heterocycles. The van der Waals surface area contributed by atoms with Gasteiger partial charge in [0.25, 0.3) is 24.5 Å². The second kappa shape index (κ2) is 6.08. The SMILES string of the molecule is CCOn1pnp(F)n(F)p(F)n(F)p1F. The van der Waals surface area contributed by atoms with Crippen LogP contribution in [0.2, 0.25) is 0 Å². The van der Waals surface area contributed by atoms with Gasteiger partial charge in [-0.05, 0) is 6.92 Å². The van der Waals surface area contributed by atoms with E-state index >= 15 is 0 Å². The molecule has 0 aliphatic carbocycles. The summed E-state index contributed by atoms with van der Waals surface area (Å²) in [4.78, 5) is 4.58. The highest BCUT2D eigenvalue weighted by atomic mass is 31.2. The van der Waals surface area contributed by atoms with Crippen molar-refractivity contribution in [2.24, 2.45) is 0 Å². The molecule has 0 aromatic carbocycles. The maximum atomic E-state index is 13.2. The van der Waals surface area contributed by atoms with Crippen LogP contribution in [0.25, 0.3) is 0 Å². The summed E-state index contributed by atoms with van der Waals surface area (Å²) in [5, 5.41) is 0. The molecule has 0 aliphatic rings. The standard InChI is InChI=1S/C2H5F5N4OP4/c1-2-12-11-13-8-14(5)9(3)15(6)10(4)16(11)7/h2H2,1H3. The molecule has 0 aliphatic heterocycles. The van der Waals surface area contributed by atoms with Gasteiger partial charge in [0, 0.05) is 0 Å². The highest BCUT2D eigenvalue weighted by Gasteiger charge is 2.13. The first-order chi connectivity index (χ1) is 7.49. The fraction of sp³-hybridized carbons (Fsp3) is 1.00. The van der Waals surface area contributed by atoms with Gasteiger partial charge >= 0.3 is 0 Å². The summed E-state index contributed by atoms with van der Waals surface area (Å²) in [5.74, 6) is 0. The lowest BCUT2D eigenvalue weighted by Crippen LogP contribution is -2.06. The van der Waals surface area contributed by atoms with E-state index in [-0.39, 0.29) is 6.61 Å². The van der Waals surface area contributed by atoms with Crippen LogP contribution in [0.3, 0.4) is 0 Å². The molecule has 3 unspecified atom stereocenters. The van der Waals surface area contributed by atoms with Crippen LogP contribution in [0, 0.1) is 0 Å². The average Bonchev–Trinajstić information content (AvgIpc) is 2.29. The molecule has 0 spiro atoms. The van der Waals surface area contributed by atoms with E-state index < -0.39 is 41.6 Å². The van der Waals surface area contributed by atoms with E-state index in [9.17, 15) is 21.6 Å². The smallest absolute Gasteiger partial charge is 0.258 e. The Morgan fingerprint density at radius 2 is 1.81 bits per heavy atom. The molecular weight excluding hydrogens is 315 g/mol. The van der Waals surface area contributed by atoms with Gasteiger partial charge in [0.2, 0.25) is 0 Å². The third-order valence-corrected chi connectivity index (χ3v) is 6.24. The fourth-order valence-electron chi connectivity index (χ4n) is 0.568. The van der Waals surface area contributed by atoms with Crippen molar-refractivity contribution < 1.29 is 26.4 Å². The third kappa shape index (κ3) is 3.02. The zero-order chi connectivity index (χ0) is 12.3. The molecule has 0 bridgehead atoms. The van der Waals surface area contributed by atoms with E-state index in [1.54, 1.807) is 0 Å². The molecule has 14 heteroatoms. The molecule has 0 saturated carbocycles. The van der Waals surface area contributed by atoms with Crippen LogP contribution in [-0.2, 0) is 0 Å². The topological polar surface area (TPSA) is 36.9 Å². The molecule has 16 heavy (non-hydrogen) atoms. The molecule has 3 atom stereocenters. The zero-order valence-electron chi connectivity index (χ0n) is 7.58. The Bertz CT molecular complexity index is 446. The third-order valence-electron chi connectivity index (χ3n) is 1.12. The first-order valence-electron chi connectivity index (χ1n) is 3.62. The first kappa shape index (κ1) is 14.1. The molecule has 0 amide bonds. The number of aromatic nitrogens is 4. The summed E-state index contributed by atoms with van der Waals surface area (Å²) in [7, 11) is -11.0. The van der Waals surface area contributed by atoms with Gasteiger partial charge in [-0.25, -0.2) is 0 Å². The highest BCUT2D eigenvalue weighted by molar-refractivity contribution is 7.56. The minimum atomic E-state index is -3.85. The Hall–Kier alpha value is 0.01000. The van der Waals surface area contributed by atoms with Crippen molar-refractivity contribution in [3.05, 3.63) is 0 Å². The van der Waals surface area contributed by atoms with Crippen molar-refractivity contribution in [3.8, 4) is 0 Å². The number of nitrogens with zero attached hydrogens (tertiary/aromatic N) is 4. The number of hydrogen-bond donors (Lipinski definition) is 0. The largest absolute Gasteiger partial charge is 0.293 e. The number of halogens is 5. The Morgan fingerprint density at radius 1 is 1.19 bits per heavy atom. The van der Waals surface area contributed by atoms with E-state index in [0.717, 1.165) is 0 Å². The van der Waals surface area contributed by atoms with Gasteiger partial charge in [-0.2, -0.15) is 0 Å². The average molecular weight is 320 g/mol. The molecule has 0 N–H and O–H groups in total. The Labute approximate surface area is 91.0 Å². The maximum Gasteiger partial charge on any atom is 0.293 e. The number of hydrogen-bond acceptors (Lipinski definition) is 2. The molecule has 1 heterocycles. The fourth-order valence-corrected chi connectivity index (χ4v) is 5.11. The van der Waals surface area contributed by atoms with Crippen molar-refractivity contribution in [1.29, 1.82) is 0 Å². The molecule has 1 rings (SSSR count). The van der Waals surface area contributed by atoms with Gasteiger partial charge in [-0.1, -0.05) is 17.6 Å². The quantitative estimate of drug-likeness (QED) is 0.758. The lowest BCUT2D eigenvalue weighted by molar-refractivity contribution is 0.164. The summed E-state index contributed by atoms with van der Waals surface area (Å²) in [5.41, 5.74) is 0. The Morgan fingerprint density at radius 3 is 2.38 bits per heavy atom. The molecule has 5 nitrogen and oxygen atoms in total. The van der Waals surface area contributed by atoms with E-state index in [1.165, 1.54) is 6.92 Å². The predicted molar refractivity (Wildman–Crippen MR) is 53.8 cm³/mol. The van der Waals surface area contributed by atoms with Gasteiger partial charge in [0.15, 0.2) is 8.51 Å². The van der Waals surface area contributed by atoms with E-state index in [2.05, 4.69) is 9.35 Å².